The van der Waals surface area contributed by atoms with Crippen molar-refractivity contribution in [3.8, 4) is 0 Å². The summed E-state index contributed by atoms with van der Waals surface area (Å²) in [5.41, 5.74) is 1.65. The first-order valence-corrected chi connectivity index (χ1v) is 5.70. The van der Waals surface area contributed by atoms with Crippen molar-refractivity contribution in [2.75, 3.05) is 0 Å². The fourth-order valence-corrected chi connectivity index (χ4v) is 1.72. The number of imidazole rings is 1. The van der Waals surface area contributed by atoms with Gasteiger partial charge in [-0.3, -0.25) is 4.79 Å². The average Bonchev–Trinajstić information content (AvgIpc) is 2.65. The molecule has 1 aromatic carbocycles. The Morgan fingerprint density at radius 3 is 2.62 bits per heavy atom. The number of carbonyl (C=O) groups is 1. The van der Waals surface area contributed by atoms with Crippen LogP contribution in [-0.2, 0) is 13.5 Å². The van der Waals surface area contributed by atoms with Crippen molar-refractivity contribution in [1.29, 1.82) is 0 Å². The lowest BCUT2D eigenvalue weighted by Crippen LogP contribution is -2.06. The van der Waals surface area contributed by atoms with Crippen molar-refractivity contribution in [3.63, 3.8) is 0 Å². The summed E-state index contributed by atoms with van der Waals surface area (Å²) in [5, 5.41) is 0. The van der Waals surface area contributed by atoms with E-state index in [1.54, 1.807) is 12.5 Å². The molecule has 82 valence electrons. The van der Waals surface area contributed by atoms with Crippen molar-refractivity contribution < 1.29 is 4.79 Å². The molecule has 1 aromatic heterocycles. The summed E-state index contributed by atoms with van der Waals surface area (Å²) in [7, 11) is 1.89. The van der Waals surface area contributed by atoms with Gasteiger partial charge in [0.1, 0.15) is 0 Å². The predicted octanol–water partition coefficient (Wildman–Crippen LogP) is 2.61. The molecule has 0 N–H and O–H groups in total. The molecule has 16 heavy (non-hydrogen) atoms. The molecule has 0 aliphatic rings. The molecule has 0 saturated carbocycles. The Balaban J connectivity index is 2.15. The van der Waals surface area contributed by atoms with Crippen LogP contribution in [0.25, 0.3) is 0 Å². The van der Waals surface area contributed by atoms with Crippen LogP contribution >= 0.6 is 15.9 Å². The van der Waals surface area contributed by atoms with Crippen molar-refractivity contribution in [2.24, 2.45) is 7.05 Å². The first-order chi connectivity index (χ1) is 7.66. The molecule has 0 radical (unpaired) electrons. The fourth-order valence-electron chi connectivity index (χ4n) is 1.46. The van der Waals surface area contributed by atoms with Gasteiger partial charge in [-0.25, -0.2) is 4.98 Å². The molecule has 1 heterocycles. The second-order valence-electron chi connectivity index (χ2n) is 3.60. The lowest BCUT2D eigenvalue weighted by atomic mass is 10.1. The van der Waals surface area contributed by atoms with Gasteiger partial charge in [-0.1, -0.05) is 28.1 Å². The molecule has 0 aliphatic carbocycles. The van der Waals surface area contributed by atoms with Gasteiger partial charge in [0.15, 0.2) is 5.78 Å². The van der Waals surface area contributed by atoms with E-state index in [0.29, 0.717) is 6.42 Å². The number of hydrogen-bond acceptors (Lipinski definition) is 2. The number of aromatic nitrogens is 2. The molecule has 0 bridgehead atoms. The second-order valence-corrected chi connectivity index (χ2v) is 4.52. The summed E-state index contributed by atoms with van der Waals surface area (Å²) in [5.74, 6) is 0.108. The van der Waals surface area contributed by atoms with Crippen LogP contribution in [0, 0.1) is 0 Å². The third-order valence-corrected chi connectivity index (χ3v) is 2.95. The number of Topliss-reactive ketones (excluding diaryl/α,β-unsaturated/α-hetero) is 1. The normalized spacial score (nSPS) is 10.4. The van der Waals surface area contributed by atoms with Gasteiger partial charge in [0, 0.05) is 29.0 Å². The van der Waals surface area contributed by atoms with E-state index in [2.05, 4.69) is 20.9 Å². The van der Waals surface area contributed by atoms with E-state index in [4.69, 9.17) is 0 Å². The molecule has 0 spiro atoms. The summed E-state index contributed by atoms with van der Waals surface area (Å²) < 4.78 is 2.83. The van der Waals surface area contributed by atoms with Crippen LogP contribution in [0.15, 0.2) is 41.3 Å². The van der Waals surface area contributed by atoms with Gasteiger partial charge in [-0.2, -0.15) is 0 Å². The van der Waals surface area contributed by atoms with Gasteiger partial charge in [0.2, 0.25) is 0 Å². The third kappa shape index (κ3) is 2.39. The molecule has 0 unspecified atom stereocenters. The van der Waals surface area contributed by atoms with E-state index in [0.717, 1.165) is 15.7 Å². The molecule has 0 atom stereocenters. The number of ketones is 1. The highest BCUT2D eigenvalue weighted by Gasteiger charge is 2.08. The van der Waals surface area contributed by atoms with Crippen LogP contribution in [0.3, 0.4) is 0 Å². The first-order valence-electron chi connectivity index (χ1n) is 4.91. The van der Waals surface area contributed by atoms with Crippen molar-refractivity contribution in [1.82, 2.24) is 9.55 Å². The quantitative estimate of drug-likeness (QED) is 0.809. The van der Waals surface area contributed by atoms with Crippen LogP contribution in [0.1, 0.15) is 16.1 Å². The minimum atomic E-state index is 0.108. The number of halogens is 1. The second kappa shape index (κ2) is 4.61. The molecule has 3 nitrogen and oxygen atoms in total. The lowest BCUT2D eigenvalue weighted by molar-refractivity contribution is 0.0991. The maximum atomic E-state index is 11.9. The van der Waals surface area contributed by atoms with Crippen LogP contribution in [0.2, 0.25) is 0 Å². The zero-order chi connectivity index (χ0) is 11.5. The number of carbonyl (C=O) groups excluding carboxylic acids is 1. The highest BCUT2D eigenvalue weighted by Crippen LogP contribution is 2.12. The number of aryl methyl sites for hydroxylation is 1. The SMILES string of the molecule is Cn1cncc1CC(=O)c1ccc(Br)cc1. The highest BCUT2D eigenvalue weighted by atomic mass is 79.9. The highest BCUT2D eigenvalue weighted by molar-refractivity contribution is 9.10. The Morgan fingerprint density at radius 1 is 1.38 bits per heavy atom. The van der Waals surface area contributed by atoms with E-state index in [1.165, 1.54) is 0 Å². The minimum Gasteiger partial charge on any atom is -0.337 e. The van der Waals surface area contributed by atoms with Crippen molar-refractivity contribution in [2.45, 2.75) is 6.42 Å². The average molecular weight is 279 g/mol. The molecule has 0 saturated heterocycles. The Morgan fingerprint density at radius 2 is 2.06 bits per heavy atom. The summed E-state index contributed by atoms with van der Waals surface area (Å²) in [6.45, 7) is 0. The Labute approximate surface area is 102 Å². The van der Waals surface area contributed by atoms with Crippen molar-refractivity contribution in [3.05, 3.63) is 52.5 Å². The molecule has 4 heteroatoms. The predicted molar refractivity (Wildman–Crippen MR) is 65.4 cm³/mol. The first kappa shape index (κ1) is 11.1. The number of hydrogen-bond donors (Lipinski definition) is 0. The zero-order valence-corrected chi connectivity index (χ0v) is 10.4. The van der Waals surface area contributed by atoms with Gasteiger partial charge in [-0.15, -0.1) is 0 Å². The molecule has 0 fully saturated rings. The molecule has 0 aliphatic heterocycles. The number of rotatable bonds is 3. The van der Waals surface area contributed by atoms with E-state index >= 15 is 0 Å². The molecule has 0 amide bonds. The topological polar surface area (TPSA) is 34.9 Å². The largest absolute Gasteiger partial charge is 0.337 e. The monoisotopic (exact) mass is 278 g/mol. The Kier molecular flexibility index (Phi) is 3.19. The summed E-state index contributed by atoms with van der Waals surface area (Å²) in [4.78, 5) is 15.9. The molecular formula is C12H11BrN2O. The van der Waals surface area contributed by atoms with Gasteiger partial charge in [-0.05, 0) is 12.1 Å². The maximum absolute atomic E-state index is 11.9. The van der Waals surface area contributed by atoms with E-state index in [-0.39, 0.29) is 5.78 Å². The van der Waals surface area contributed by atoms with E-state index in [1.807, 2.05) is 35.9 Å². The van der Waals surface area contributed by atoms with Crippen LogP contribution in [-0.4, -0.2) is 15.3 Å². The molecular weight excluding hydrogens is 268 g/mol. The number of benzene rings is 1. The third-order valence-electron chi connectivity index (χ3n) is 2.42. The van der Waals surface area contributed by atoms with E-state index < -0.39 is 0 Å². The van der Waals surface area contributed by atoms with Gasteiger partial charge < -0.3 is 4.57 Å². The molecule has 2 aromatic rings. The van der Waals surface area contributed by atoms with Crippen LogP contribution in [0.5, 0.6) is 0 Å². The Bertz CT molecular complexity index is 502. The standard InChI is InChI=1S/C12H11BrN2O/c1-15-8-14-7-11(15)6-12(16)9-2-4-10(13)5-3-9/h2-5,7-8H,6H2,1H3. The Hall–Kier alpha value is -1.42. The van der Waals surface area contributed by atoms with Crippen LogP contribution in [0.4, 0.5) is 0 Å². The molecule has 2 rings (SSSR count). The van der Waals surface area contributed by atoms with Gasteiger partial charge in [0.25, 0.3) is 0 Å². The lowest BCUT2D eigenvalue weighted by Gasteiger charge is -2.02. The summed E-state index contributed by atoms with van der Waals surface area (Å²) in [6, 6.07) is 7.39. The minimum absolute atomic E-state index is 0.108. The summed E-state index contributed by atoms with van der Waals surface area (Å²) in [6.07, 6.45) is 3.80. The maximum Gasteiger partial charge on any atom is 0.168 e. The van der Waals surface area contributed by atoms with Gasteiger partial charge >= 0.3 is 0 Å². The van der Waals surface area contributed by atoms with Gasteiger partial charge in [0.05, 0.1) is 12.7 Å². The zero-order valence-electron chi connectivity index (χ0n) is 8.85. The summed E-state index contributed by atoms with van der Waals surface area (Å²) >= 11 is 3.34. The number of nitrogens with zero attached hydrogens (tertiary/aromatic N) is 2. The smallest absolute Gasteiger partial charge is 0.168 e. The fraction of sp³-hybridized carbons (Fsp3) is 0.167. The van der Waals surface area contributed by atoms with Crippen molar-refractivity contribution >= 4 is 21.7 Å². The van der Waals surface area contributed by atoms with E-state index in [9.17, 15) is 4.79 Å². The van der Waals surface area contributed by atoms with Crippen LogP contribution < -0.4 is 0 Å².